The van der Waals surface area contributed by atoms with Crippen LogP contribution in [0, 0.1) is 0 Å². The number of hydrogen-bond acceptors (Lipinski definition) is 3. The normalized spacial score (nSPS) is 20.7. The molecule has 6 nitrogen and oxygen atoms in total. The molecule has 0 radical (unpaired) electrons. The Hall–Kier alpha value is -3.15. The number of imide groups is 1. The molecule has 4 rings (SSSR count). The van der Waals surface area contributed by atoms with Crippen LogP contribution in [-0.2, 0) is 27.0 Å². The van der Waals surface area contributed by atoms with E-state index in [4.69, 9.17) is 0 Å². The fourth-order valence-corrected chi connectivity index (χ4v) is 4.31. The Kier molecular flexibility index (Phi) is 4.45. The van der Waals surface area contributed by atoms with Gasteiger partial charge in [-0.15, -0.1) is 0 Å². The van der Waals surface area contributed by atoms with Crippen LogP contribution >= 0.6 is 0 Å². The number of carbonyl (C=O) groups is 3. The number of amides is 4. The summed E-state index contributed by atoms with van der Waals surface area (Å²) in [5, 5.41) is 5.72. The summed E-state index contributed by atoms with van der Waals surface area (Å²) in [6, 6.07) is 14.7. The first-order valence-electron chi connectivity index (χ1n) is 9.84. The van der Waals surface area contributed by atoms with Gasteiger partial charge in [0, 0.05) is 5.69 Å². The topological polar surface area (TPSA) is 78.5 Å². The van der Waals surface area contributed by atoms with Gasteiger partial charge in [0.15, 0.2) is 0 Å². The lowest BCUT2D eigenvalue weighted by Crippen LogP contribution is -2.43. The Morgan fingerprint density at radius 3 is 2.55 bits per heavy atom. The Bertz CT molecular complexity index is 1010. The van der Waals surface area contributed by atoms with Crippen LogP contribution in [0.25, 0.3) is 0 Å². The van der Waals surface area contributed by atoms with Crippen LogP contribution in [0.2, 0.25) is 0 Å². The lowest BCUT2D eigenvalue weighted by Gasteiger charge is -2.24. The lowest BCUT2D eigenvalue weighted by atomic mass is 9.86. The molecule has 1 aliphatic carbocycles. The number of nitrogens with zero attached hydrogens (tertiary/aromatic N) is 1. The third-order valence-corrected chi connectivity index (χ3v) is 5.73. The molecule has 1 saturated heterocycles. The van der Waals surface area contributed by atoms with Gasteiger partial charge in [0.2, 0.25) is 5.91 Å². The van der Waals surface area contributed by atoms with E-state index in [9.17, 15) is 14.4 Å². The highest BCUT2D eigenvalue weighted by Crippen LogP contribution is 2.41. The van der Waals surface area contributed by atoms with Crippen molar-refractivity contribution in [2.24, 2.45) is 0 Å². The second-order valence-corrected chi connectivity index (χ2v) is 8.73. The molecule has 2 aliphatic rings. The second-order valence-electron chi connectivity index (χ2n) is 8.73. The smallest absolute Gasteiger partial charge is 0.324 e. The van der Waals surface area contributed by atoms with Gasteiger partial charge in [-0.1, -0.05) is 63.2 Å². The monoisotopic (exact) mass is 391 g/mol. The molecule has 2 N–H and O–H groups in total. The third-order valence-electron chi connectivity index (χ3n) is 5.73. The van der Waals surface area contributed by atoms with E-state index in [0.717, 1.165) is 28.0 Å². The molecule has 1 fully saturated rings. The van der Waals surface area contributed by atoms with Crippen molar-refractivity contribution in [1.29, 1.82) is 0 Å². The highest BCUT2D eigenvalue weighted by Gasteiger charge is 2.55. The number of benzene rings is 2. The van der Waals surface area contributed by atoms with E-state index >= 15 is 0 Å². The van der Waals surface area contributed by atoms with Crippen molar-refractivity contribution in [2.45, 2.75) is 44.6 Å². The van der Waals surface area contributed by atoms with Gasteiger partial charge < -0.3 is 10.6 Å². The SMILES string of the molecule is CC(C)(C)c1ccccc1NC(=O)CN1C(=O)N[C@@]2(CCc3ccccc32)C1=O. The first-order chi connectivity index (χ1) is 13.7. The summed E-state index contributed by atoms with van der Waals surface area (Å²) in [6.45, 7) is 5.89. The van der Waals surface area contributed by atoms with Gasteiger partial charge in [0.25, 0.3) is 5.91 Å². The highest BCUT2D eigenvalue weighted by atomic mass is 16.2. The number of para-hydroxylation sites is 1. The molecule has 4 amide bonds. The maximum atomic E-state index is 13.2. The minimum Gasteiger partial charge on any atom is -0.324 e. The van der Waals surface area contributed by atoms with E-state index in [2.05, 4.69) is 31.4 Å². The summed E-state index contributed by atoms with van der Waals surface area (Å²) in [7, 11) is 0. The van der Waals surface area contributed by atoms with Crippen molar-refractivity contribution >= 4 is 23.5 Å². The van der Waals surface area contributed by atoms with E-state index in [-0.39, 0.29) is 17.9 Å². The average Bonchev–Trinajstić information content (AvgIpc) is 3.15. The summed E-state index contributed by atoms with van der Waals surface area (Å²) < 4.78 is 0. The summed E-state index contributed by atoms with van der Waals surface area (Å²) in [5.41, 5.74) is 2.38. The molecule has 1 aliphatic heterocycles. The fraction of sp³-hybridized carbons (Fsp3) is 0.348. The van der Waals surface area contributed by atoms with E-state index < -0.39 is 17.5 Å². The van der Waals surface area contributed by atoms with Crippen molar-refractivity contribution in [1.82, 2.24) is 10.2 Å². The first-order valence-corrected chi connectivity index (χ1v) is 9.84. The van der Waals surface area contributed by atoms with Crippen LogP contribution in [0.3, 0.4) is 0 Å². The number of urea groups is 1. The summed E-state index contributed by atoms with van der Waals surface area (Å²) in [6.07, 6.45) is 1.24. The largest absolute Gasteiger partial charge is 0.325 e. The molecule has 150 valence electrons. The Labute approximate surface area is 170 Å². The van der Waals surface area contributed by atoms with Crippen molar-refractivity contribution < 1.29 is 14.4 Å². The van der Waals surface area contributed by atoms with Crippen molar-refractivity contribution in [3.63, 3.8) is 0 Å². The zero-order chi connectivity index (χ0) is 20.8. The quantitative estimate of drug-likeness (QED) is 0.788. The van der Waals surface area contributed by atoms with Crippen LogP contribution in [0.4, 0.5) is 10.5 Å². The molecular weight excluding hydrogens is 366 g/mol. The van der Waals surface area contributed by atoms with Crippen LogP contribution in [0.5, 0.6) is 0 Å². The molecule has 0 aromatic heterocycles. The van der Waals surface area contributed by atoms with Gasteiger partial charge in [-0.05, 0) is 41.0 Å². The number of rotatable bonds is 3. The molecule has 29 heavy (non-hydrogen) atoms. The number of aryl methyl sites for hydroxylation is 1. The van der Waals surface area contributed by atoms with Crippen LogP contribution in [0.1, 0.15) is 43.9 Å². The first kappa shape index (κ1) is 19.2. The maximum absolute atomic E-state index is 13.2. The number of anilines is 1. The van der Waals surface area contributed by atoms with E-state index in [1.807, 2.05) is 48.5 Å². The molecule has 0 bridgehead atoms. The highest BCUT2D eigenvalue weighted by molar-refractivity contribution is 6.11. The Balaban J connectivity index is 1.54. The van der Waals surface area contributed by atoms with Crippen LogP contribution in [-0.4, -0.2) is 29.3 Å². The summed E-state index contributed by atoms with van der Waals surface area (Å²) in [5.74, 6) is -0.750. The van der Waals surface area contributed by atoms with Gasteiger partial charge in [-0.25, -0.2) is 4.79 Å². The number of fused-ring (bicyclic) bond motifs is 2. The van der Waals surface area contributed by atoms with Gasteiger partial charge in [0.05, 0.1) is 0 Å². The van der Waals surface area contributed by atoms with Gasteiger partial charge in [-0.2, -0.15) is 0 Å². The Morgan fingerprint density at radius 1 is 1.10 bits per heavy atom. The standard InChI is InChI=1S/C23H25N3O3/c1-22(2,3)17-10-6-7-11-18(17)24-19(27)14-26-20(28)23(25-21(26)29)13-12-15-8-4-5-9-16(15)23/h4-11H,12-14H2,1-3H3,(H,24,27)(H,25,29)/t23-/m1/s1. The van der Waals surface area contributed by atoms with Crippen LogP contribution < -0.4 is 10.6 Å². The van der Waals surface area contributed by atoms with E-state index in [1.165, 1.54) is 0 Å². The lowest BCUT2D eigenvalue weighted by molar-refractivity contribution is -0.134. The number of carbonyl (C=O) groups excluding carboxylic acids is 3. The van der Waals surface area contributed by atoms with Gasteiger partial charge in [-0.3, -0.25) is 14.5 Å². The summed E-state index contributed by atoms with van der Waals surface area (Å²) >= 11 is 0. The Morgan fingerprint density at radius 2 is 1.79 bits per heavy atom. The predicted molar refractivity (Wildman–Crippen MR) is 110 cm³/mol. The molecule has 1 atom stereocenters. The van der Waals surface area contributed by atoms with E-state index in [0.29, 0.717) is 12.1 Å². The molecule has 2 aromatic rings. The van der Waals surface area contributed by atoms with Gasteiger partial charge >= 0.3 is 6.03 Å². The maximum Gasteiger partial charge on any atom is 0.325 e. The molecule has 6 heteroatoms. The second kappa shape index (κ2) is 6.72. The van der Waals surface area contributed by atoms with E-state index in [1.54, 1.807) is 0 Å². The molecule has 1 spiro atoms. The average molecular weight is 391 g/mol. The minimum absolute atomic E-state index is 0.150. The molecule has 2 aromatic carbocycles. The molecule has 0 saturated carbocycles. The predicted octanol–water partition coefficient (Wildman–Crippen LogP) is 3.32. The fourth-order valence-electron chi connectivity index (χ4n) is 4.31. The zero-order valence-electron chi connectivity index (χ0n) is 16.9. The third kappa shape index (κ3) is 3.18. The van der Waals surface area contributed by atoms with Gasteiger partial charge in [0.1, 0.15) is 12.1 Å². The molecule has 1 heterocycles. The minimum atomic E-state index is -1.04. The van der Waals surface area contributed by atoms with Crippen molar-refractivity contribution in [3.8, 4) is 0 Å². The number of hydrogen-bond donors (Lipinski definition) is 2. The zero-order valence-corrected chi connectivity index (χ0v) is 16.9. The van der Waals surface area contributed by atoms with Crippen molar-refractivity contribution in [3.05, 3.63) is 65.2 Å². The molecule has 0 unspecified atom stereocenters. The number of nitrogens with one attached hydrogen (secondary N) is 2. The summed E-state index contributed by atoms with van der Waals surface area (Å²) in [4.78, 5) is 39.5. The van der Waals surface area contributed by atoms with Crippen LogP contribution in [0.15, 0.2) is 48.5 Å². The molecular formula is C23H25N3O3. The van der Waals surface area contributed by atoms with Crippen molar-refractivity contribution in [2.75, 3.05) is 11.9 Å².